The lowest BCUT2D eigenvalue weighted by Crippen LogP contribution is -2.61. The second-order valence-electron chi connectivity index (χ2n) is 25.8. The molecule has 0 unspecified atom stereocenters. The predicted molar refractivity (Wildman–Crippen MR) is 409 cm³/mol. The SMILES string of the molecule is COc1ccc(C[C@@H](NC(=O)CNC(=O)c2ccc(C(=O)c3ccccc3)cc2)C(=O)N[C@@H](Cc2ccccc2)C(=O)N[C@@H](CCC(N)=O)C(=O)N[C@@H](CC(N)=O)C(=O)N[C@@H](CCCCN)C(=O)N2CCC[C@H]2C(=O)N[C@@H](CCCNC(=N)N)C(=O)N[C@@H](Cc2ccc(O)c(I)c2)C(N)=O)cc1.O=C(O)C(F)(F)F.O=C(O)C(F)(F)F. The standard InChI is InChI=1S/C70H87IN16O15.2C2HF3O2/c1-102-46-26-19-41(20-27-46)36-52(80-59(91)39-79-62(94)45-24-22-44(23-25-45)60(92)43-14-6-3-7-15-43)65(97)85-53(35-40-12-4-2-5-13-40)66(98)81-49(28-30-57(73)89)64(96)86-54(38-58(74)90)67(99)83-50(16-8-9-31-72)69(101)87-33-11-18-55(87)68(100)82-48(17-10-32-78-70(76)77)63(95)84-51(61(75)93)37-42-21-29-56(88)47(71)34-42;2*3-2(4,5)1(6)7/h2-7,12-15,19-27,29,34,48-55,88H,8-11,16-18,28,30-33,35-39,72H2,1H3,(H2,73,89)(H2,74,90)(H2,75,93)(H,79,94)(H,80,91)(H,81,98)(H,82,100)(H,83,99)(H,84,95)(H,85,97)(H,86,96)(H4,76,77,78);2*(H,6,7)/t48-,49-,50-,51-,52+,53-,54-,55-;;/m0../s1. The van der Waals surface area contributed by atoms with Gasteiger partial charge in [-0.05, 0) is 134 Å². The van der Waals surface area contributed by atoms with Crippen LogP contribution in [0.1, 0.15) is 107 Å². The van der Waals surface area contributed by atoms with Crippen molar-refractivity contribution in [2.75, 3.05) is 33.3 Å². The molecule has 0 spiro atoms. The third kappa shape index (κ3) is 33.7. The van der Waals surface area contributed by atoms with E-state index >= 15 is 0 Å². The highest BCUT2D eigenvalue weighted by Crippen LogP contribution is 2.24. The van der Waals surface area contributed by atoms with Crippen LogP contribution in [0.2, 0.25) is 0 Å². The van der Waals surface area contributed by atoms with Crippen molar-refractivity contribution >= 4 is 117 Å². The fourth-order valence-electron chi connectivity index (χ4n) is 11.1. The number of phenols is 1. The summed E-state index contributed by atoms with van der Waals surface area (Å²) in [7, 11) is 1.46. The maximum atomic E-state index is 14.8. The number of benzene rings is 5. The maximum Gasteiger partial charge on any atom is 0.490 e. The quantitative estimate of drug-likeness (QED) is 0.00629. The molecule has 1 saturated heterocycles. The zero-order valence-corrected chi connectivity index (χ0v) is 64.3. The van der Waals surface area contributed by atoms with Gasteiger partial charge in [-0.25, -0.2) is 9.59 Å². The number of unbranched alkanes of at least 4 members (excludes halogenated alkanes) is 1. The Hall–Kier alpha value is -12.5. The molecule has 5 aromatic carbocycles. The molecule has 0 aliphatic carbocycles. The number of phenolic OH excluding ortho intramolecular Hbond substituents is 1. The molecular formula is C74H89F6IN16O19. The predicted octanol–water partition coefficient (Wildman–Crippen LogP) is 0.364. The van der Waals surface area contributed by atoms with Gasteiger partial charge in [-0.3, -0.25) is 67.7 Å². The number of methoxy groups -OCH3 is 1. The van der Waals surface area contributed by atoms with E-state index in [-0.39, 0.29) is 100 Å². The lowest BCUT2D eigenvalue weighted by Gasteiger charge is -2.31. The molecule has 12 amide bonds. The molecule has 0 aromatic heterocycles. The van der Waals surface area contributed by atoms with Crippen LogP contribution in [0.5, 0.6) is 11.5 Å². The number of primary amides is 3. The molecule has 0 bridgehead atoms. The van der Waals surface area contributed by atoms with Crippen molar-refractivity contribution in [1.29, 1.82) is 5.41 Å². The molecule has 1 aliphatic heterocycles. The van der Waals surface area contributed by atoms with E-state index in [2.05, 4.69) is 47.9 Å². The minimum Gasteiger partial charge on any atom is -0.507 e. The number of likely N-dealkylation sites (tertiary alicyclic amines) is 1. The summed E-state index contributed by atoms with van der Waals surface area (Å²) < 4.78 is 69.2. The van der Waals surface area contributed by atoms with Crippen molar-refractivity contribution in [1.82, 2.24) is 52.8 Å². The first-order valence-corrected chi connectivity index (χ1v) is 36.5. The van der Waals surface area contributed by atoms with Crippen LogP contribution in [-0.2, 0) is 81.6 Å². The molecule has 6 rings (SSSR count). The van der Waals surface area contributed by atoms with Crippen LogP contribution >= 0.6 is 22.6 Å². The first kappa shape index (κ1) is 95.9. The van der Waals surface area contributed by atoms with Crippen molar-refractivity contribution in [3.63, 3.8) is 0 Å². The first-order chi connectivity index (χ1) is 54.6. The van der Waals surface area contributed by atoms with Crippen LogP contribution in [0.4, 0.5) is 26.3 Å². The molecule has 8 atom stereocenters. The van der Waals surface area contributed by atoms with Gasteiger partial charge in [-0.2, -0.15) is 26.3 Å². The van der Waals surface area contributed by atoms with Crippen LogP contribution in [0.3, 0.4) is 0 Å². The fourth-order valence-corrected chi connectivity index (χ4v) is 11.7. The zero-order chi connectivity index (χ0) is 86.6. The number of carboxylic acids is 2. The number of ketones is 1. The van der Waals surface area contributed by atoms with Gasteiger partial charge in [0.2, 0.25) is 65.0 Å². The number of guanidine groups is 1. The Morgan fingerprint density at radius 1 is 0.543 bits per heavy atom. The number of carbonyl (C=O) groups is 15. The van der Waals surface area contributed by atoms with Crippen LogP contribution in [0.25, 0.3) is 0 Å². The molecule has 5 aromatic rings. The number of ether oxygens (including phenoxy) is 1. The van der Waals surface area contributed by atoms with Crippen molar-refractivity contribution < 1.29 is 118 Å². The van der Waals surface area contributed by atoms with Gasteiger partial charge in [0.25, 0.3) is 5.91 Å². The van der Waals surface area contributed by atoms with Gasteiger partial charge >= 0.3 is 24.3 Å². The number of nitrogens with zero attached hydrogens (tertiary/aromatic N) is 1. The highest BCUT2D eigenvalue weighted by molar-refractivity contribution is 14.1. The highest BCUT2D eigenvalue weighted by atomic mass is 127. The number of hydrogen-bond acceptors (Lipinski definition) is 19. The molecular weight excluding hydrogens is 1660 g/mol. The summed E-state index contributed by atoms with van der Waals surface area (Å²) in [5.74, 6) is -16.6. The Morgan fingerprint density at radius 2 is 1.01 bits per heavy atom. The monoisotopic (exact) mass is 1750 g/mol. The van der Waals surface area contributed by atoms with E-state index in [1.165, 1.54) is 42.3 Å². The summed E-state index contributed by atoms with van der Waals surface area (Å²) in [6.07, 6.45) is -11.5. The number of amides is 12. The van der Waals surface area contributed by atoms with Crippen molar-refractivity contribution in [3.05, 3.63) is 164 Å². The number of aromatic hydroxyl groups is 1. The number of carbonyl (C=O) groups excluding carboxylic acids is 13. The fraction of sp³-hybridized carbons (Fsp3) is 0.378. The molecule has 0 saturated carbocycles. The Bertz CT molecular complexity index is 4250. The minimum atomic E-state index is -5.08. The highest BCUT2D eigenvalue weighted by Gasteiger charge is 2.42. The summed E-state index contributed by atoms with van der Waals surface area (Å²) >= 11 is 1.90. The number of rotatable bonds is 40. The summed E-state index contributed by atoms with van der Waals surface area (Å²) in [6, 6.07) is 21.9. The normalized spacial score (nSPS) is 14.0. The van der Waals surface area contributed by atoms with Crippen molar-refractivity contribution in [2.24, 2.45) is 28.7 Å². The van der Waals surface area contributed by atoms with Crippen LogP contribution in [-0.4, -0.2) is 209 Å². The Balaban J connectivity index is 0.00000185. The van der Waals surface area contributed by atoms with Gasteiger partial charge in [0.1, 0.15) is 59.8 Å². The molecule has 23 N–H and O–H groups in total. The summed E-state index contributed by atoms with van der Waals surface area (Å²) in [6.45, 7) is -0.339. The summed E-state index contributed by atoms with van der Waals surface area (Å²) in [4.78, 5) is 198. The molecule has 1 heterocycles. The molecule has 35 nitrogen and oxygen atoms in total. The summed E-state index contributed by atoms with van der Waals surface area (Å²) in [5.41, 5.74) is 30.7. The molecule has 0 radical (unpaired) electrons. The van der Waals surface area contributed by atoms with E-state index in [1.54, 1.807) is 97.1 Å². The lowest BCUT2D eigenvalue weighted by molar-refractivity contribution is -0.193. The van der Waals surface area contributed by atoms with Gasteiger partial charge in [-0.15, -0.1) is 0 Å². The third-order valence-corrected chi connectivity index (χ3v) is 17.9. The number of nitrogens with one attached hydrogen (secondary N) is 10. The van der Waals surface area contributed by atoms with Gasteiger partial charge in [0, 0.05) is 55.5 Å². The largest absolute Gasteiger partial charge is 0.507 e. The number of carboxylic acid groups (broad SMARTS) is 2. The molecule has 1 aliphatic rings. The van der Waals surface area contributed by atoms with E-state index in [0.717, 1.165) is 0 Å². The third-order valence-electron chi connectivity index (χ3n) is 17.0. The number of halogens is 7. The molecule has 116 heavy (non-hydrogen) atoms. The van der Waals surface area contributed by atoms with Crippen molar-refractivity contribution in [3.8, 4) is 11.5 Å². The number of alkyl halides is 6. The lowest BCUT2D eigenvalue weighted by atomic mass is 10.0. The second kappa shape index (κ2) is 47.2. The number of aliphatic carboxylic acids is 2. The smallest absolute Gasteiger partial charge is 0.490 e. The molecule has 628 valence electrons. The number of hydrogen-bond donors (Lipinski definition) is 18. The van der Waals surface area contributed by atoms with Crippen LogP contribution in [0.15, 0.2) is 127 Å². The number of nitrogens with two attached hydrogens (primary N) is 5. The summed E-state index contributed by atoms with van der Waals surface area (Å²) in [5, 5.41) is 55.2. The second-order valence-corrected chi connectivity index (χ2v) is 27.0. The average molecular weight is 1750 g/mol. The van der Waals surface area contributed by atoms with E-state index in [0.29, 0.717) is 43.6 Å². The molecule has 1 fully saturated rings. The van der Waals surface area contributed by atoms with E-state index < -0.39 is 169 Å². The first-order valence-electron chi connectivity index (χ1n) is 35.4. The Kier molecular flexibility index (Phi) is 39.0. The Morgan fingerprint density at radius 3 is 1.53 bits per heavy atom. The zero-order valence-electron chi connectivity index (χ0n) is 62.1. The van der Waals surface area contributed by atoms with Crippen LogP contribution < -0.4 is 81.3 Å². The van der Waals surface area contributed by atoms with Gasteiger partial charge in [0.15, 0.2) is 11.7 Å². The molecule has 42 heteroatoms. The maximum absolute atomic E-state index is 14.8. The van der Waals surface area contributed by atoms with E-state index in [1.807, 2.05) is 22.6 Å². The van der Waals surface area contributed by atoms with Gasteiger partial charge < -0.3 is 101 Å². The van der Waals surface area contributed by atoms with E-state index in [4.69, 9.17) is 58.6 Å². The van der Waals surface area contributed by atoms with E-state index in [9.17, 15) is 93.8 Å². The average Bonchev–Trinajstić information content (AvgIpc) is 1.52. The minimum absolute atomic E-state index is 0.000622. The van der Waals surface area contributed by atoms with Gasteiger partial charge in [-0.1, -0.05) is 91.0 Å². The Labute approximate surface area is 672 Å². The topological polar surface area (TPSA) is 591 Å². The van der Waals surface area contributed by atoms with Gasteiger partial charge in [0.05, 0.1) is 23.6 Å². The van der Waals surface area contributed by atoms with Crippen LogP contribution in [0, 0.1) is 8.98 Å². The van der Waals surface area contributed by atoms with Crippen molar-refractivity contribution in [2.45, 2.75) is 144 Å².